The lowest BCUT2D eigenvalue weighted by molar-refractivity contribution is -0.140. The van der Waals surface area contributed by atoms with Crippen molar-refractivity contribution >= 4 is 44.7 Å². The molecule has 0 unspecified atom stereocenters. The molecule has 1 aromatic carbocycles. The Hall–Kier alpha value is -4.14. The van der Waals surface area contributed by atoms with Crippen LogP contribution in [0.5, 0.6) is 5.88 Å². The molecule has 1 aromatic heterocycles. The number of allylic oxidation sites excluding steroid dienone is 2. The first-order valence-electron chi connectivity index (χ1n) is 18.1. The monoisotopic (exact) mass is 741 g/mol. The summed E-state index contributed by atoms with van der Waals surface area (Å²) >= 11 is 0. The van der Waals surface area contributed by atoms with Gasteiger partial charge in [0, 0.05) is 12.8 Å². The van der Waals surface area contributed by atoms with Crippen molar-refractivity contribution in [1.82, 2.24) is 24.9 Å². The summed E-state index contributed by atoms with van der Waals surface area (Å²) in [6.07, 6.45) is 6.35. The summed E-state index contributed by atoms with van der Waals surface area (Å²) in [6.45, 7) is 8.34. The summed E-state index contributed by atoms with van der Waals surface area (Å²) in [4.78, 5) is 65.8. The smallest absolute Gasteiger partial charge is 0.408 e. The van der Waals surface area contributed by atoms with Crippen molar-refractivity contribution < 1.29 is 41.5 Å². The van der Waals surface area contributed by atoms with E-state index in [9.17, 15) is 32.0 Å². The molecule has 2 saturated carbocycles. The number of nitrogens with one attached hydrogen (secondary N) is 2. The van der Waals surface area contributed by atoms with E-state index in [4.69, 9.17) is 9.47 Å². The van der Waals surface area contributed by atoms with Crippen LogP contribution in [-0.2, 0) is 29.1 Å². The highest BCUT2D eigenvalue weighted by atomic mass is 32.2. The zero-order chi connectivity index (χ0) is 37.6. The van der Waals surface area contributed by atoms with E-state index in [1.54, 1.807) is 40.7 Å². The minimum absolute atomic E-state index is 0.0144. The SMILES string of the molecule is Cc1nc2cccc(F)c2nc1O[C@@H]1C[C@H]2C(=O)C[C@]3(C(=O)NS(=O)(=O)C4(C)CC4)C[C@H]3/C=C\CCCCC[C@H](NC(=O)OC(C)(C)C)C(=O)N2C1. The number of ketones is 1. The Morgan fingerprint density at radius 3 is 2.56 bits per heavy atom. The van der Waals surface area contributed by atoms with Gasteiger partial charge < -0.3 is 19.7 Å². The Kier molecular flexibility index (Phi) is 10.1. The van der Waals surface area contributed by atoms with Crippen molar-refractivity contribution in [2.75, 3.05) is 6.54 Å². The average Bonchev–Trinajstić information content (AvgIpc) is 3.93. The molecule has 3 amide bonds. The number of benzene rings is 1. The molecule has 52 heavy (non-hydrogen) atoms. The molecular weight excluding hydrogens is 693 g/mol. The minimum atomic E-state index is -3.97. The number of carbonyl (C=O) groups is 4. The van der Waals surface area contributed by atoms with E-state index in [1.165, 1.54) is 17.0 Å². The second-order valence-electron chi connectivity index (χ2n) is 16.0. The van der Waals surface area contributed by atoms with E-state index in [0.717, 1.165) is 12.8 Å². The molecule has 2 aliphatic heterocycles. The molecule has 0 radical (unpaired) electrons. The van der Waals surface area contributed by atoms with Gasteiger partial charge >= 0.3 is 6.09 Å². The van der Waals surface area contributed by atoms with Crippen LogP contribution in [0.2, 0.25) is 0 Å². The molecule has 5 atom stereocenters. The summed E-state index contributed by atoms with van der Waals surface area (Å²) < 4.78 is 53.9. The fourth-order valence-electron chi connectivity index (χ4n) is 7.12. The molecule has 15 heteroatoms. The molecule has 2 aliphatic carbocycles. The number of fused-ring (bicyclic) bond motifs is 3. The topological polar surface area (TPSA) is 174 Å². The number of Topliss-reactive ketones (excluding diaryl/α,β-unsaturated/α-hetero) is 1. The largest absolute Gasteiger partial charge is 0.471 e. The van der Waals surface area contributed by atoms with Crippen LogP contribution < -0.4 is 14.8 Å². The van der Waals surface area contributed by atoms with Crippen LogP contribution >= 0.6 is 0 Å². The average molecular weight is 742 g/mol. The predicted octanol–water partition coefficient (Wildman–Crippen LogP) is 4.80. The number of amides is 3. The summed E-state index contributed by atoms with van der Waals surface area (Å²) in [5, 5.41) is 2.72. The maximum Gasteiger partial charge on any atom is 0.408 e. The standard InChI is InChI=1S/C37H48FN5O8S/c1-22-31(41-30-25(38)13-11-15-26(30)39-22)50-24-18-28-29(44)20-37(33(46)42-52(48,49)36(5)16-17-36)19-23(37)12-9-7-6-8-10-14-27(32(45)43(28)21-24)40-34(47)51-35(2,3)4/h9,11-13,15,23-24,27-28H,6-8,10,14,16-21H2,1-5H3,(H,40,47)(H,42,46)/b12-9-/t23-,24-,27+,28+,37-/m1/s1. The zero-order valence-electron chi connectivity index (χ0n) is 30.4. The van der Waals surface area contributed by atoms with Gasteiger partial charge in [-0.3, -0.25) is 19.1 Å². The van der Waals surface area contributed by atoms with E-state index in [2.05, 4.69) is 20.0 Å². The van der Waals surface area contributed by atoms with Gasteiger partial charge in [0.05, 0.1) is 28.3 Å². The Bertz CT molecular complexity index is 1910. The maximum absolute atomic E-state index is 14.7. The van der Waals surface area contributed by atoms with Gasteiger partial charge in [-0.1, -0.05) is 31.1 Å². The second-order valence-corrected chi connectivity index (χ2v) is 18.2. The molecule has 2 N–H and O–H groups in total. The Balaban J connectivity index is 1.31. The fourth-order valence-corrected chi connectivity index (χ4v) is 8.46. The van der Waals surface area contributed by atoms with Crippen LogP contribution in [0.15, 0.2) is 30.4 Å². The second kappa shape index (κ2) is 14.0. The summed E-state index contributed by atoms with van der Waals surface area (Å²) in [5.41, 5.74) is -1.37. The van der Waals surface area contributed by atoms with Crippen molar-refractivity contribution in [3.63, 3.8) is 0 Å². The van der Waals surface area contributed by atoms with E-state index in [0.29, 0.717) is 43.3 Å². The van der Waals surface area contributed by atoms with Gasteiger partial charge in [0.25, 0.3) is 0 Å². The highest BCUT2D eigenvalue weighted by molar-refractivity contribution is 7.91. The number of sulfonamides is 1. The number of hydrogen-bond donors (Lipinski definition) is 2. The van der Waals surface area contributed by atoms with Crippen molar-refractivity contribution in [1.29, 1.82) is 0 Å². The fraction of sp³-hybridized carbons (Fsp3) is 0.622. The molecule has 3 heterocycles. The van der Waals surface area contributed by atoms with Crippen LogP contribution in [0.25, 0.3) is 11.0 Å². The third kappa shape index (κ3) is 7.93. The van der Waals surface area contributed by atoms with Gasteiger partial charge in [0.2, 0.25) is 27.7 Å². The molecule has 0 spiro atoms. The zero-order valence-corrected chi connectivity index (χ0v) is 31.2. The molecule has 13 nitrogen and oxygen atoms in total. The maximum atomic E-state index is 14.7. The number of halogens is 1. The number of ether oxygens (including phenoxy) is 2. The lowest BCUT2D eigenvalue weighted by Crippen LogP contribution is -2.53. The van der Waals surface area contributed by atoms with E-state index in [-0.39, 0.29) is 43.1 Å². The number of aromatic nitrogens is 2. The number of aryl methyl sites for hydroxylation is 1. The van der Waals surface area contributed by atoms with Crippen molar-refractivity contribution in [3.05, 3.63) is 41.9 Å². The van der Waals surface area contributed by atoms with Crippen LogP contribution in [0, 0.1) is 24.1 Å². The van der Waals surface area contributed by atoms with Gasteiger partial charge in [0.1, 0.15) is 29.0 Å². The quantitative estimate of drug-likeness (QED) is 0.392. The highest BCUT2D eigenvalue weighted by Gasteiger charge is 2.62. The van der Waals surface area contributed by atoms with E-state index in [1.807, 2.05) is 12.2 Å². The molecule has 3 fully saturated rings. The van der Waals surface area contributed by atoms with Crippen molar-refractivity contribution in [3.8, 4) is 5.88 Å². The van der Waals surface area contributed by atoms with Crippen LogP contribution in [0.4, 0.5) is 9.18 Å². The van der Waals surface area contributed by atoms with E-state index < -0.39 is 73.5 Å². The molecule has 1 saturated heterocycles. The Morgan fingerprint density at radius 2 is 1.85 bits per heavy atom. The Labute approximate surface area is 303 Å². The number of carbonyl (C=O) groups excluding carboxylic acids is 4. The third-order valence-corrected chi connectivity index (χ3v) is 12.8. The van der Waals surface area contributed by atoms with Gasteiger partial charge in [0.15, 0.2) is 11.6 Å². The third-order valence-electron chi connectivity index (χ3n) is 10.6. The normalized spacial score (nSPS) is 28.5. The van der Waals surface area contributed by atoms with E-state index >= 15 is 0 Å². The first kappa shape index (κ1) is 37.6. The predicted molar refractivity (Wildman–Crippen MR) is 189 cm³/mol. The molecule has 0 bridgehead atoms. The summed E-state index contributed by atoms with van der Waals surface area (Å²) in [5.74, 6) is -2.54. The van der Waals surface area contributed by atoms with Gasteiger partial charge in [-0.15, -0.1) is 0 Å². The number of hydrogen-bond acceptors (Lipinski definition) is 10. The van der Waals surface area contributed by atoms with Crippen molar-refractivity contribution in [2.45, 2.75) is 127 Å². The van der Waals surface area contributed by atoms with Crippen LogP contribution in [-0.4, -0.2) is 82.1 Å². The summed E-state index contributed by atoms with van der Waals surface area (Å²) in [7, 11) is -3.97. The number of alkyl carbamates (subject to hydrolysis) is 1. The van der Waals surface area contributed by atoms with Crippen LogP contribution in [0.1, 0.15) is 97.6 Å². The van der Waals surface area contributed by atoms with Crippen molar-refractivity contribution in [2.24, 2.45) is 11.3 Å². The summed E-state index contributed by atoms with van der Waals surface area (Å²) in [6, 6.07) is 2.34. The molecule has 282 valence electrons. The molecule has 6 rings (SSSR count). The van der Waals surface area contributed by atoms with Crippen LogP contribution in [0.3, 0.4) is 0 Å². The number of para-hydroxylation sites is 1. The highest BCUT2D eigenvalue weighted by Crippen LogP contribution is 2.57. The lowest BCUT2D eigenvalue weighted by atomic mass is 9.91. The molecule has 4 aliphatic rings. The first-order chi connectivity index (χ1) is 24.4. The number of nitrogens with zero attached hydrogens (tertiary/aromatic N) is 3. The lowest BCUT2D eigenvalue weighted by Gasteiger charge is -2.30. The van der Waals surface area contributed by atoms with Gasteiger partial charge in [-0.25, -0.2) is 27.6 Å². The van der Waals surface area contributed by atoms with Gasteiger partial charge in [-0.2, -0.15) is 0 Å². The minimum Gasteiger partial charge on any atom is -0.471 e. The Morgan fingerprint density at radius 1 is 1.10 bits per heavy atom. The first-order valence-corrected chi connectivity index (χ1v) is 19.6. The number of rotatable bonds is 6. The molecule has 2 aromatic rings. The molecular formula is C37H48FN5O8S. The van der Waals surface area contributed by atoms with Gasteiger partial charge in [-0.05, 0) is 91.2 Å².